The quantitative estimate of drug-likeness (QED) is 0.568. The number of hydrogen-bond donors (Lipinski definition) is 0. The van der Waals surface area contributed by atoms with E-state index in [2.05, 4.69) is 0 Å². The van der Waals surface area contributed by atoms with Crippen molar-refractivity contribution in [3.05, 3.63) is 0 Å². The smallest absolute Gasteiger partial charge is 0.126 e. The Morgan fingerprint density at radius 1 is 1.60 bits per heavy atom. The summed E-state index contributed by atoms with van der Waals surface area (Å²) in [6.45, 7) is 0. The van der Waals surface area contributed by atoms with Crippen LogP contribution in [0.2, 0.25) is 0 Å². The second kappa shape index (κ2) is 2.82. The second-order valence-electron chi connectivity index (χ2n) is 3.01. The van der Waals surface area contributed by atoms with Gasteiger partial charge >= 0.3 is 0 Å². The summed E-state index contributed by atoms with van der Waals surface area (Å²) in [5.74, 6) is 0.679. The van der Waals surface area contributed by atoms with Crippen molar-refractivity contribution in [2.75, 3.05) is 12.0 Å². The molecule has 0 spiro atoms. The molecule has 1 aliphatic rings. The lowest BCUT2D eigenvalue weighted by Gasteiger charge is -2.02. The van der Waals surface area contributed by atoms with Crippen molar-refractivity contribution < 1.29 is 9.00 Å². The Balaban J connectivity index is 2.25. The Hall–Kier alpha value is -0.180. The van der Waals surface area contributed by atoms with Crippen molar-refractivity contribution in [2.45, 2.75) is 19.3 Å². The molecule has 0 aromatic heterocycles. The maximum absolute atomic E-state index is 10.6. The van der Waals surface area contributed by atoms with Crippen molar-refractivity contribution in [1.29, 1.82) is 0 Å². The van der Waals surface area contributed by atoms with E-state index >= 15 is 0 Å². The molecule has 1 rings (SSSR count). The highest BCUT2D eigenvalue weighted by Crippen LogP contribution is 2.46. The lowest BCUT2D eigenvalue weighted by Crippen LogP contribution is -2.07. The van der Waals surface area contributed by atoms with E-state index < -0.39 is 10.8 Å². The third-order valence-electron chi connectivity index (χ3n) is 2.03. The predicted octanol–water partition coefficient (Wildman–Crippen LogP) is 0.734. The van der Waals surface area contributed by atoms with Crippen LogP contribution in [0.25, 0.3) is 0 Å². The second-order valence-corrected chi connectivity index (χ2v) is 4.56. The van der Waals surface area contributed by atoms with Crippen molar-refractivity contribution in [1.82, 2.24) is 0 Å². The van der Waals surface area contributed by atoms with Crippen molar-refractivity contribution in [2.24, 2.45) is 5.41 Å². The van der Waals surface area contributed by atoms with Crippen LogP contribution in [0.1, 0.15) is 19.3 Å². The summed E-state index contributed by atoms with van der Waals surface area (Å²) in [7, 11) is -0.733. The van der Waals surface area contributed by atoms with Crippen molar-refractivity contribution in [3.63, 3.8) is 0 Å². The van der Waals surface area contributed by atoms with Gasteiger partial charge in [-0.25, -0.2) is 0 Å². The molecule has 1 aliphatic carbocycles. The zero-order valence-electron chi connectivity index (χ0n) is 6.13. The van der Waals surface area contributed by atoms with Gasteiger partial charge in [0.15, 0.2) is 0 Å². The van der Waals surface area contributed by atoms with Gasteiger partial charge in [-0.2, -0.15) is 0 Å². The van der Waals surface area contributed by atoms with Gasteiger partial charge in [0.2, 0.25) is 0 Å². The fourth-order valence-electron chi connectivity index (χ4n) is 0.934. The highest BCUT2D eigenvalue weighted by Gasteiger charge is 2.41. The zero-order chi connectivity index (χ0) is 7.61. The van der Waals surface area contributed by atoms with Gasteiger partial charge in [0.25, 0.3) is 0 Å². The topological polar surface area (TPSA) is 34.1 Å². The molecule has 0 aromatic carbocycles. The van der Waals surface area contributed by atoms with E-state index in [1.165, 1.54) is 0 Å². The van der Waals surface area contributed by atoms with E-state index in [0.29, 0.717) is 5.75 Å². The molecule has 1 fully saturated rings. The lowest BCUT2D eigenvalue weighted by molar-refractivity contribution is -0.112. The monoisotopic (exact) mass is 160 g/mol. The van der Waals surface area contributed by atoms with Crippen LogP contribution < -0.4 is 0 Å². The largest absolute Gasteiger partial charge is 0.303 e. The molecule has 1 saturated carbocycles. The van der Waals surface area contributed by atoms with E-state index in [0.717, 1.165) is 25.5 Å². The summed E-state index contributed by atoms with van der Waals surface area (Å²) in [6.07, 6.45) is 5.54. The Bertz CT molecular complexity index is 161. The summed E-state index contributed by atoms with van der Waals surface area (Å²) in [4.78, 5) is 10.4. The first-order valence-corrected chi connectivity index (χ1v) is 5.18. The van der Waals surface area contributed by atoms with E-state index in [-0.39, 0.29) is 5.41 Å². The van der Waals surface area contributed by atoms with Gasteiger partial charge in [-0.05, 0) is 19.3 Å². The molecule has 2 nitrogen and oxygen atoms in total. The molecule has 0 saturated heterocycles. The van der Waals surface area contributed by atoms with E-state index in [1.807, 2.05) is 0 Å². The van der Waals surface area contributed by atoms with Gasteiger partial charge in [0, 0.05) is 28.2 Å². The minimum Gasteiger partial charge on any atom is -0.303 e. The molecule has 10 heavy (non-hydrogen) atoms. The van der Waals surface area contributed by atoms with Crippen molar-refractivity contribution >= 4 is 17.1 Å². The van der Waals surface area contributed by atoms with Crippen molar-refractivity contribution in [3.8, 4) is 0 Å². The fraction of sp³-hybridized carbons (Fsp3) is 0.857. The number of carbonyl (C=O) groups is 1. The molecule has 0 N–H and O–H groups in total. The normalized spacial score (nSPS) is 23.7. The van der Waals surface area contributed by atoms with Crippen LogP contribution in [0.4, 0.5) is 0 Å². The van der Waals surface area contributed by atoms with Crippen LogP contribution in [0.5, 0.6) is 0 Å². The molecule has 0 aliphatic heterocycles. The Morgan fingerprint density at radius 2 is 2.20 bits per heavy atom. The van der Waals surface area contributed by atoms with E-state index in [4.69, 9.17) is 0 Å². The molecular formula is C7H12O2S. The average molecular weight is 160 g/mol. The Labute approximate surface area is 63.5 Å². The third kappa shape index (κ3) is 1.90. The van der Waals surface area contributed by atoms with Crippen LogP contribution in [-0.4, -0.2) is 22.5 Å². The SMILES string of the molecule is CS(=O)CCC1(C=O)CC1. The van der Waals surface area contributed by atoms with Gasteiger partial charge in [-0.1, -0.05) is 0 Å². The van der Waals surface area contributed by atoms with E-state index in [1.54, 1.807) is 6.26 Å². The standard InChI is InChI=1S/C7H12O2S/c1-10(9)5-4-7(6-8)2-3-7/h6H,2-5H2,1H3. The maximum atomic E-state index is 10.6. The summed E-state index contributed by atoms with van der Waals surface area (Å²) in [6, 6.07) is 0. The summed E-state index contributed by atoms with van der Waals surface area (Å²) >= 11 is 0. The molecule has 0 bridgehead atoms. The molecule has 3 heteroatoms. The molecule has 0 radical (unpaired) electrons. The van der Waals surface area contributed by atoms with E-state index in [9.17, 15) is 9.00 Å². The first kappa shape index (κ1) is 7.92. The molecular weight excluding hydrogens is 148 g/mol. The lowest BCUT2D eigenvalue weighted by atomic mass is 10.1. The molecule has 58 valence electrons. The molecule has 0 amide bonds. The van der Waals surface area contributed by atoms with Crippen LogP contribution in [-0.2, 0) is 15.6 Å². The van der Waals surface area contributed by atoms with Crippen LogP contribution in [0.3, 0.4) is 0 Å². The number of carbonyl (C=O) groups excluding carboxylic acids is 1. The maximum Gasteiger partial charge on any atom is 0.126 e. The zero-order valence-corrected chi connectivity index (χ0v) is 6.95. The van der Waals surface area contributed by atoms with Crippen LogP contribution in [0, 0.1) is 5.41 Å². The molecule has 1 unspecified atom stereocenters. The van der Waals surface area contributed by atoms with Crippen LogP contribution >= 0.6 is 0 Å². The summed E-state index contributed by atoms with van der Waals surface area (Å²) in [5, 5.41) is 0. The first-order chi connectivity index (χ1) is 4.68. The number of aldehydes is 1. The van der Waals surface area contributed by atoms with Gasteiger partial charge in [-0.3, -0.25) is 4.21 Å². The Kier molecular flexibility index (Phi) is 2.24. The molecule has 0 aromatic rings. The Morgan fingerprint density at radius 3 is 2.50 bits per heavy atom. The van der Waals surface area contributed by atoms with Gasteiger partial charge < -0.3 is 4.79 Å². The minimum atomic E-state index is -0.733. The fourth-order valence-corrected chi connectivity index (χ4v) is 1.63. The van der Waals surface area contributed by atoms with Crippen LogP contribution in [0.15, 0.2) is 0 Å². The predicted molar refractivity (Wildman–Crippen MR) is 41.3 cm³/mol. The first-order valence-electron chi connectivity index (χ1n) is 3.45. The summed E-state index contributed by atoms with van der Waals surface area (Å²) in [5.41, 5.74) is -0.0499. The van der Waals surface area contributed by atoms with Gasteiger partial charge in [0.05, 0.1) is 0 Å². The third-order valence-corrected chi connectivity index (χ3v) is 2.81. The minimum absolute atomic E-state index is 0.0499. The number of hydrogen-bond acceptors (Lipinski definition) is 2. The number of rotatable bonds is 4. The van der Waals surface area contributed by atoms with Gasteiger partial charge in [-0.15, -0.1) is 0 Å². The molecule has 1 atom stereocenters. The van der Waals surface area contributed by atoms with Gasteiger partial charge in [0.1, 0.15) is 6.29 Å². The summed E-state index contributed by atoms with van der Waals surface area (Å²) < 4.78 is 10.6. The molecule has 0 heterocycles. The average Bonchev–Trinajstić information content (AvgIpc) is 2.64. The highest BCUT2D eigenvalue weighted by atomic mass is 32.2. The highest BCUT2D eigenvalue weighted by molar-refractivity contribution is 7.84.